The van der Waals surface area contributed by atoms with E-state index in [0.717, 1.165) is 4.31 Å². The highest BCUT2D eigenvalue weighted by atomic mass is 32.2. The van der Waals surface area contributed by atoms with E-state index in [9.17, 15) is 8.60 Å². The summed E-state index contributed by atoms with van der Waals surface area (Å²) in [5.74, 6) is -0.466. The molecule has 0 fully saturated rings. The van der Waals surface area contributed by atoms with Crippen LogP contribution in [0.4, 0.5) is 10.1 Å². The first-order valence-electron chi connectivity index (χ1n) is 3.65. The van der Waals surface area contributed by atoms with Crippen LogP contribution in [0.3, 0.4) is 0 Å². The van der Waals surface area contributed by atoms with Gasteiger partial charge in [-0.2, -0.15) is 0 Å². The Labute approximate surface area is 77.3 Å². The molecule has 0 aromatic heterocycles. The average molecular weight is 202 g/mol. The number of benzene rings is 1. The number of para-hydroxylation sites is 1. The highest BCUT2D eigenvalue weighted by Crippen LogP contribution is 2.19. The average Bonchev–Trinajstić information content (AvgIpc) is 2.02. The largest absolute Gasteiger partial charge is 0.286 e. The molecule has 1 unspecified atom stereocenters. The van der Waals surface area contributed by atoms with Gasteiger partial charge in [0, 0.05) is 13.3 Å². The van der Waals surface area contributed by atoms with E-state index in [1.54, 1.807) is 12.1 Å². The zero-order valence-electron chi connectivity index (χ0n) is 7.45. The molecule has 1 aromatic rings. The molecule has 0 aliphatic rings. The minimum atomic E-state index is -2.89. The molecule has 0 heterocycles. The lowest BCUT2D eigenvalue weighted by atomic mass is 10.3. The van der Waals surface area contributed by atoms with E-state index in [2.05, 4.69) is 0 Å². The maximum atomic E-state index is 13.1. The van der Waals surface area contributed by atoms with Gasteiger partial charge < -0.3 is 0 Å². The normalized spacial score (nSPS) is 15.0. The van der Waals surface area contributed by atoms with Gasteiger partial charge in [-0.15, -0.1) is 0 Å². The Balaban J connectivity index is 3.17. The van der Waals surface area contributed by atoms with Crippen LogP contribution < -0.4 is 4.31 Å². The predicted molar refractivity (Wildman–Crippen MR) is 51.6 cm³/mol. The van der Waals surface area contributed by atoms with Crippen LogP contribution in [0.15, 0.2) is 24.3 Å². The second-order valence-corrected chi connectivity index (χ2v) is 4.90. The molecule has 1 N–H and O–H groups in total. The van der Waals surface area contributed by atoms with Gasteiger partial charge >= 0.3 is 0 Å². The summed E-state index contributed by atoms with van der Waals surface area (Å²) in [6, 6.07) is 5.96. The lowest BCUT2D eigenvalue weighted by Gasteiger charge is -2.19. The van der Waals surface area contributed by atoms with Crippen molar-refractivity contribution in [3.63, 3.8) is 0 Å². The maximum absolute atomic E-state index is 13.1. The molecule has 0 saturated carbocycles. The van der Waals surface area contributed by atoms with E-state index in [-0.39, 0.29) is 5.69 Å². The molecule has 1 aromatic carbocycles. The first-order chi connectivity index (χ1) is 5.93. The fraction of sp³-hybridized carbons (Fsp3) is 0.250. The number of nitrogens with zero attached hydrogens (tertiary/aromatic N) is 1. The molecule has 0 aliphatic heterocycles. The Morgan fingerprint density at radius 3 is 2.46 bits per heavy atom. The van der Waals surface area contributed by atoms with E-state index >= 15 is 0 Å². The third kappa shape index (κ3) is 2.18. The molecule has 1 atom stereocenters. The number of halogens is 1. The summed E-state index contributed by atoms with van der Waals surface area (Å²) >= 11 is 0. The highest BCUT2D eigenvalue weighted by Gasteiger charge is 2.11. The standard InChI is InChI=1S/C8H11FN2OS/c1-11(13(2,10)12)8-6-4-3-5-7(8)9/h3-6,10H,1-2H3. The second kappa shape index (κ2) is 3.33. The first-order valence-corrected chi connectivity index (χ1v) is 5.57. The van der Waals surface area contributed by atoms with Crippen molar-refractivity contribution in [3.8, 4) is 0 Å². The van der Waals surface area contributed by atoms with Crippen molar-refractivity contribution in [2.75, 3.05) is 17.6 Å². The molecule has 5 heteroatoms. The van der Waals surface area contributed by atoms with Crippen molar-refractivity contribution in [2.24, 2.45) is 0 Å². The van der Waals surface area contributed by atoms with Gasteiger partial charge in [-0.05, 0) is 12.1 Å². The predicted octanol–water partition coefficient (Wildman–Crippen LogP) is 1.85. The SMILES string of the molecule is CN(c1ccccc1F)S(C)(=N)=O. The molecule has 0 radical (unpaired) electrons. The molecular formula is C8H11FN2OS. The second-order valence-electron chi connectivity index (χ2n) is 2.75. The highest BCUT2D eigenvalue weighted by molar-refractivity contribution is 7.93. The van der Waals surface area contributed by atoms with Crippen LogP contribution in [-0.2, 0) is 9.92 Å². The van der Waals surface area contributed by atoms with Gasteiger partial charge in [0.25, 0.3) is 0 Å². The van der Waals surface area contributed by atoms with Crippen molar-refractivity contribution >= 4 is 15.6 Å². The Kier molecular flexibility index (Phi) is 2.56. The van der Waals surface area contributed by atoms with Gasteiger partial charge in [-0.1, -0.05) is 12.1 Å². The van der Waals surface area contributed by atoms with E-state index in [4.69, 9.17) is 4.78 Å². The summed E-state index contributed by atoms with van der Waals surface area (Å²) in [5, 5.41) is 0. The van der Waals surface area contributed by atoms with Gasteiger partial charge in [-0.25, -0.2) is 13.4 Å². The summed E-state index contributed by atoms with van der Waals surface area (Å²) in [6.45, 7) is 0. The minimum Gasteiger partial charge on any atom is -0.286 e. The van der Waals surface area contributed by atoms with Crippen LogP contribution in [-0.4, -0.2) is 17.5 Å². The molecule has 0 spiro atoms. The Morgan fingerprint density at radius 1 is 1.46 bits per heavy atom. The molecule has 72 valence electrons. The van der Waals surface area contributed by atoms with Crippen molar-refractivity contribution in [2.45, 2.75) is 0 Å². The number of nitrogens with one attached hydrogen (secondary N) is 1. The van der Waals surface area contributed by atoms with E-state index in [0.29, 0.717) is 0 Å². The quantitative estimate of drug-likeness (QED) is 0.781. The van der Waals surface area contributed by atoms with Crippen LogP contribution in [0.25, 0.3) is 0 Å². The fourth-order valence-corrected chi connectivity index (χ4v) is 1.42. The lowest BCUT2D eigenvalue weighted by molar-refractivity contribution is 0.627. The monoisotopic (exact) mass is 202 g/mol. The fourth-order valence-electron chi connectivity index (χ4n) is 0.895. The van der Waals surface area contributed by atoms with Crippen LogP contribution >= 0.6 is 0 Å². The van der Waals surface area contributed by atoms with Gasteiger partial charge in [0.15, 0.2) is 0 Å². The summed E-state index contributed by atoms with van der Waals surface area (Å²) in [4.78, 5) is 0. The van der Waals surface area contributed by atoms with Gasteiger partial charge in [0.05, 0.1) is 5.69 Å². The van der Waals surface area contributed by atoms with Gasteiger partial charge in [0.1, 0.15) is 15.7 Å². The third-order valence-corrected chi connectivity index (χ3v) is 2.96. The van der Waals surface area contributed by atoms with Crippen LogP contribution in [0.1, 0.15) is 0 Å². The van der Waals surface area contributed by atoms with Gasteiger partial charge in [-0.3, -0.25) is 4.31 Å². The van der Waals surface area contributed by atoms with E-state index in [1.807, 2.05) is 0 Å². The summed E-state index contributed by atoms with van der Waals surface area (Å²) < 4.78 is 32.8. The number of anilines is 1. The number of hydrogen-bond acceptors (Lipinski definition) is 2. The lowest BCUT2D eigenvalue weighted by Crippen LogP contribution is -2.24. The first kappa shape index (κ1) is 9.98. The third-order valence-electron chi connectivity index (χ3n) is 1.71. The molecule has 0 aliphatic carbocycles. The van der Waals surface area contributed by atoms with Crippen LogP contribution in [0.2, 0.25) is 0 Å². The van der Waals surface area contributed by atoms with Crippen LogP contribution in [0.5, 0.6) is 0 Å². The smallest absolute Gasteiger partial charge is 0.147 e. The minimum absolute atomic E-state index is 0.185. The van der Waals surface area contributed by atoms with Crippen LogP contribution in [0, 0.1) is 10.6 Å². The topological polar surface area (TPSA) is 44.2 Å². The van der Waals surface area contributed by atoms with E-state index in [1.165, 1.54) is 25.4 Å². The van der Waals surface area contributed by atoms with Crippen molar-refractivity contribution < 1.29 is 8.60 Å². The maximum Gasteiger partial charge on any atom is 0.147 e. The van der Waals surface area contributed by atoms with Gasteiger partial charge in [0.2, 0.25) is 0 Å². The Morgan fingerprint density at radius 2 is 2.00 bits per heavy atom. The summed E-state index contributed by atoms with van der Waals surface area (Å²) in [5.41, 5.74) is 0.185. The summed E-state index contributed by atoms with van der Waals surface area (Å²) in [6.07, 6.45) is 1.25. The zero-order valence-corrected chi connectivity index (χ0v) is 8.27. The van der Waals surface area contributed by atoms with Crippen molar-refractivity contribution in [3.05, 3.63) is 30.1 Å². The molecule has 13 heavy (non-hydrogen) atoms. The number of hydrogen-bond donors (Lipinski definition) is 1. The van der Waals surface area contributed by atoms with Crippen molar-refractivity contribution in [1.29, 1.82) is 4.78 Å². The molecule has 0 saturated heterocycles. The Bertz CT molecular complexity index is 402. The molecule has 0 amide bonds. The molecule has 1 rings (SSSR count). The Hall–Kier alpha value is -1.10. The number of rotatable bonds is 2. The van der Waals surface area contributed by atoms with E-state index < -0.39 is 15.7 Å². The summed E-state index contributed by atoms with van der Waals surface area (Å²) in [7, 11) is -1.45. The van der Waals surface area contributed by atoms with Crippen molar-refractivity contribution in [1.82, 2.24) is 0 Å². The molecule has 3 nitrogen and oxygen atoms in total. The molecule has 0 bridgehead atoms. The molecular weight excluding hydrogens is 191 g/mol. The zero-order chi connectivity index (χ0) is 10.1.